The molecule has 0 radical (unpaired) electrons. The molecule has 0 fully saturated rings. The van der Waals surface area contributed by atoms with Crippen LogP contribution in [0.1, 0.15) is 29.0 Å². The first-order valence-corrected chi connectivity index (χ1v) is 6.92. The SMILES string of the molecule is Cc1sccc1C(C)c1cnc[nH]1.O=C([O-])/C=C/C(=O)[O-]. The molecule has 0 bridgehead atoms. The third-order valence-corrected chi connectivity index (χ3v) is 3.57. The number of imidazole rings is 1. The summed E-state index contributed by atoms with van der Waals surface area (Å²) in [7, 11) is 0. The van der Waals surface area contributed by atoms with E-state index >= 15 is 0 Å². The van der Waals surface area contributed by atoms with E-state index in [1.165, 1.54) is 16.1 Å². The Kier molecular flexibility index (Phi) is 6.35. The monoisotopic (exact) mass is 306 g/mol. The molecule has 0 aliphatic heterocycles. The third-order valence-electron chi connectivity index (χ3n) is 2.71. The summed E-state index contributed by atoms with van der Waals surface area (Å²) < 4.78 is 0. The molecule has 112 valence electrons. The van der Waals surface area contributed by atoms with E-state index in [9.17, 15) is 19.8 Å². The van der Waals surface area contributed by atoms with Crippen LogP contribution in [-0.2, 0) is 9.59 Å². The van der Waals surface area contributed by atoms with E-state index in [1.54, 1.807) is 17.7 Å². The third kappa shape index (κ3) is 5.62. The fourth-order valence-corrected chi connectivity index (χ4v) is 2.45. The second-order valence-electron chi connectivity index (χ2n) is 4.13. The average Bonchev–Trinajstić information content (AvgIpc) is 3.07. The minimum Gasteiger partial charge on any atom is -0.545 e. The van der Waals surface area contributed by atoms with E-state index in [-0.39, 0.29) is 0 Å². The van der Waals surface area contributed by atoms with Crippen LogP contribution in [-0.4, -0.2) is 21.9 Å². The molecule has 0 saturated heterocycles. The van der Waals surface area contributed by atoms with E-state index in [0.29, 0.717) is 18.1 Å². The molecular formula is C14H14N2O4S-2. The smallest absolute Gasteiger partial charge is 0.0921 e. The van der Waals surface area contributed by atoms with Crippen LogP contribution in [0.15, 0.2) is 36.1 Å². The van der Waals surface area contributed by atoms with Crippen molar-refractivity contribution in [3.8, 4) is 0 Å². The lowest BCUT2D eigenvalue weighted by molar-refractivity contribution is -0.301. The number of rotatable bonds is 4. The fraction of sp³-hybridized carbons (Fsp3) is 0.214. The van der Waals surface area contributed by atoms with Gasteiger partial charge in [0.05, 0.1) is 18.3 Å². The van der Waals surface area contributed by atoms with E-state index < -0.39 is 11.9 Å². The van der Waals surface area contributed by atoms with Crippen LogP contribution in [0.5, 0.6) is 0 Å². The molecule has 0 aromatic carbocycles. The quantitative estimate of drug-likeness (QED) is 0.798. The predicted molar refractivity (Wildman–Crippen MR) is 74.3 cm³/mol. The number of hydrogen-bond donors (Lipinski definition) is 1. The van der Waals surface area contributed by atoms with Gasteiger partial charge in [-0.3, -0.25) is 0 Å². The Labute approximate surface area is 125 Å². The van der Waals surface area contributed by atoms with Crippen LogP contribution < -0.4 is 10.2 Å². The van der Waals surface area contributed by atoms with Gasteiger partial charge in [-0.1, -0.05) is 6.92 Å². The first-order valence-electron chi connectivity index (χ1n) is 6.04. The van der Waals surface area contributed by atoms with Gasteiger partial charge in [-0.25, -0.2) is 4.98 Å². The predicted octanol–water partition coefficient (Wildman–Crippen LogP) is -0.0262. The molecule has 2 aromatic rings. The first kappa shape index (κ1) is 16.6. The second-order valence-corrected chi connectivity index (χ2v) is 5.25. The normalized spacial score (nSPS) is 11.7. The summed E-state index contributed by atoms with van der Waals surface area (Å²) in [4.78, 5) is 27.4. The highest BCUT2D eigenvalue weighted by atomic mass is 32.1. The van der Waals surface area contributed by atoms with Gasteiger partial charge in [0.15, 0.2) is 0 Å². The van der Waals surface area contributed by atoms with E-state index in [2.05, 4.69) is 35.3 Å². The highest BCUT2D eigenvalue weighted by Gasteiger charge is 2.12. The second kappa shape index (κ2) is 8.01. The number of aromatic amines is 1. The largest absolute Gasteiger partial charge is 0.545 e. The number of thiophene rings is 1. The molecule has 2 heterocycles. The lowest BCUT2D eigenvalue weighted by Crippen LogP contribution is -2.23. The number of carboxylic acid groups (broad SMARTS) is 2. The molecule has 2 aromatic heterocycles. The summed E-state index contributed by atoms with van der Waals surface area (Å²) in [6, 6.07) is 2.19. The summed E-state index contributed by atoms with van der Waals surface area (Å²) in [6.07, 6.45) is 4.39. The molecule has 0 spiro atoms. The van der Waals surface area contributed by atoms with Crippen LogP contribution in [0, 0.1) is 6.92 Å². The van der Waals surface area contributed by atoms with Gasteiger partial charge in [0.2, 0.25) is 0 Å². The Morgan fingerprint density at radius 2 is 1.95 bits per heavy atom. The minimum absolute atomic E-state index is 0.384. The van der Waals surface area contributed by atoms with Crippen molar-refractivity contribution in [3.05, 3.63) is 52.3 Å². The zero-order chi connectivity index (χ0) is 15.8. The van der Waals surface area contributed by atoms with Crippen LogP contribution in [0.4, 0.5) is 0 Å². The van der Waals surface area contributed by atoms with Crippen LogP contribution >= 0.6 is 11.3 Å². The van der Waals surface area contributed by atoms with E-state index in [0.717, 1.165) is 0 Å². The number of aliphatic carboxylic acids is 2. The van der Waals surface area contributed by atoms with Gasteiger partial charge in [-0.15, -0.1) is 11.3 Å². The topological polar surface area (TPSA) is 109 Å². The number of H-pyrrole nitrogens is 1. The summed E-state index contributed by atoms with van der Waals surface area (Å²) >= 11 is 1.80. The molecule has 21 heavy (non-hydrogen) atoms. The van der Waals surface area contributed by atoms with Crippen molar-refractivity contribution in [3.63, 3.8) is 0 Å². The number of aryl methyl sites for hydroxylation is 1. The van der Waals surface area contributed by atoms with Crippen molar-refractivity contribution in [2.45, 2.75) is 19.8 Å². The van der Waals surface area contributed by atoms with Crippen molar-refractivity contribution < 1.29 is 19.8 Å². The maximum Gasteiger partial charge on any atom is 0.0921 e. The van der Waals surface area contributed by atoms with Gasteiger partial charge < -0.3 is 24.8 Å². The molecule has 0 aliphatic carbocycles. The molecule has 2 rings (SSSR count). The van der Waals surface area contributed by atoms with Crippen LogP contribution in [0.3, 0.4) is 0 Å². The summed E-state index contributed by atoms with van der Waals surface area (Å²) in [5, 5.41) is 21.0. The first-order chi connectivity index (χ1) is 9.91. The van der Waals surface area contributed by atoms with Gasteiger partial charge in [0.25, 0.3) is 0 Å². The zero-order valence-electron chi connectivity index (χ0n) is 11.5. The zero-order valence-corrected chi connectivity index (χ0v) is 12.3. The molecule has 1 atom stereocenters. The van der Waals surface area contributed by atoms with Crippen molar-refractivity contribution in [1.82, 2.24) is 9.97 Å². The van der Waals surface area contributed by atoms with Crippen molar-refractivity contribution >= 4 is 23.3 Å². The van der Waals surface area contributed by atoms with E-state index in [1.807, 2.05) is 6.20 Å². The minimum atomic E-state index is -1.55. The highest BCUT2D eigenvalue weighted by molar-refractivity contribution is 7.10. The Morgan fingerprint density at radius 1 is 1.33 bits per heavy atom. The number of nitrogens with zero attached hydrogens (tertiary/aromatic N) is 1. The van der Waals surface area contributed by atoms with Gasteiger partial charge in [0.1, 0.15) is 0 Å². The molecule has 6 nitrogen and oxygen atoms in total. The molecule has 0 amide bonds. The average molecular weight is 306 g/mol. The number of hydrogen-bond acceptors (Lipinski definition) is 6. The summed E-state index contributed by atoms with van der Waals surface area (Å²) in [5.74, 6) is -2.67. The van der Waals surface area contributed by atoms with E-state index in [4.69, 9.17) is 0 Å². The number of aromatic nitrogens is 2. The van der Waals surface area contributed by atoms with Crippen molar-refractivity contribution in [2.75, 3.05) is 0 Å². The van der Waals surface area contributed by atoms with Gasteiger partial charge in [-0.2, -0.15) is 0 Å². The molecule has 1 N–H and O–H groups in total. The molecule has 0 saturated carbocycles. The van der Waals surface area contributed by atoms with Gasteiger partial charge >= 0.3 is 0 Å². The summed E-state index contributed by atoms with van der Waals surface area (Å²) in [6.45, 7) is 4.36. The lowest BCUT2D eigenvalue weighted by atomic mass is 10.00. The van der Waals surface area contributed by atoms with Crippen molar-refractivity contribution in [2.24, 2.45) is 0 Å². The summed E-state index contributed by atoms with van der Waals surface area (Å²) in [5.41, 5.74) is 2.58. The number of carboxylic acids is 2. The molecular weight excluding hydrogens is 292 g/mol. The number of nitrogens with one attached hydrogen (secondary N) is 1. The number of carbonyl (C=O) groups is 2. The maximum atomic E-state index is 9.41. The van der Waals surface area contributed by atoms with Crippen molar-refractivity contribution in [1.29, 1.82) is 0 Å². The van der Waals surface area contributed by atoms with Gasteiger partial charge in [0, 0.05) is 22.7 Å². The molecule has 0 aliphatic rings. The van der Waals surface area contributed by atoms with Crippen LogP contribution in [0.25, 0.3) is 0 Å². The maximum absolute atomic E-state index is 9.41. The standard InChI is InChI=1S/C10H12N2S.C4H4O4/c1-7(10-5-11-6-12-10)9-3-4-13-8(9)2;5-3(6)1-2-4(7)8/h3-7H,1-2H3,(H,11,12);1-2H,(H,5,6)(H,7,8)/p-2/b;2-1+. The molecule has 1 unspecified atom stereocenters. The fourth-order valence-electron chi connectivity index (χ4n) is 1.65. The van der Waals surface area contributed by atoms with Gasteiger partial charge in [-0.05, 0) is 36.1 Å². The number of carbonyl (C=O) groups excluding carboxylic acids is 2. The highest BCUT2D eigenvalue weighted by Crippen LogP contribution is 2.27. The molecule has 7 heteroatoms. The Balaban J connectivity index is 0.000000240. The Morgan fingerprint density at radius 3 is 2.33 bits per heavy atom. The Bertz CT molecular complexity index is 601. The Hall–Kier alpha value is -2.41. The lowest BCUT2D eigenvalue weighted by Gasteiger charge is -2.08. The van der Waals surface area contributed by atoms with Crippen LogP contribution in [0.2, 0.25) is 0 Å².